The Morgan fingerprint density at radius 3 is 0.833 bits per heavy atom. The molecule has 0 saturated carbocycles. The molecule has 0 nitrogen and oxygen atoms in total. The van der Waals surface area contributed by atoms with Crippen LogP contribution in [0.4, 0.5) is 17.6 Å². The van der Waals surface area contributed by atoms with Crippen LogP contribution < -0.4 is 0 Å². The highest BCUT2D eigenvalue weighted by Crippen LogP contribution is 2.63. The molecule has 2 aliphatic carbocycles. The summed E-state index contributed by atoms with van der Waals surface area (Å²) in [5.74, 6) is -1.41. The molecule has 0 aliphatic heterocycles. The molecular weight excluding hydrogens is 677 g/mol. The third-order valence-corrected chi connectivity index (χ3v) is 11.3. The quantitative estimate of drug-likeness (QED) is 0.160. The Bertz CT molecular complexity index is 2900. The van der Waals surface area contributed by atoms with Crippen LogP contribution in [0, 0.1) is 23.3 Å². The maximum Gasteiger partial charge on any atom is 0.131 e. The van der Waals surface area contributed by atoms with Crippen molar-refractivity contribution in [3.05, 3.63) is 181 Å². The van der Waals surface area contributed by atoms with Crippen molar-refractivity contribution in [1.29, 1.82) is 0 Å². The molecule has 9 aromatic rings. The molecule has 54 heavy (non-hydrogen) atoms. The standard InChI is InChI=1S/C50H26F4/c51-39-17-7-3-11-27(39)31-21-22-32(28-12-4-8-18-40(28)52)46-36-24-26-38-48-37(25-23-35(45(31)46)47(36)48)49-43(33-15-5-9-19-41(33)53)29-13-1-2-14-30(29)44(50(38)49)34-16-6-10-20-42(34)54/h1-26H. The molecule has 9 aromatic carbocycles. The minimum Gasteiger partial charge on any atom is -0.206 e. The van der Waals surface area contributed by atoms with Gasteiger partial charge in [-0.05, 0) is 101 Å². The average Bonchev–Trinajstić information content (AvgIpc) is 3.71. The van der Waals surface area contributed by atoms with Gasteiger partial charge in [0.2, 0.25) is 0 Å². The van der Waals surface area contributed by atoms with Crippen LogP contribution in [0.5, 0.6) is 0 Å². The molecule has 0 radical (unpaired) electrons. The topological polar surface area (TPSA) is 0 Å². The third-order valence-electron chi connectivity index (χ3n) is 11.3. The highest BCUT2D eigenvalue weighted by atomic mass is 19.1. The molecule has 0 amide bonds. The van der Waals surface area contributed by atoms with E-state index in [4.69, 9.17) is 0 Å². The second kappa shape index (κ2) is 11.4. The van der Waals surface area contributed by atoms with Gasteiger partial charge < -0.3 is 0 Å². The van der Waals surface area contributed by atoms with Gasteiger partial charge >= 0.3 is 0 Å². The lowest BCUT2D eigenvalue weighted by atomic mass is 9.82. The van der Waals surface area contributed by atoms with Crippen molar-refractivity contribution in [2.45, 2.75) is 0 Å². The predicted octanol–water partition coefficient (Wildman–Crippen LogP) is 14.5. The van der Waals surface area contributed by atoms with Gasteiger partial charge in [0.05, 0.1) is 0 Å². The molecule has 0 unspecified atom stereocenters. The van der Waals surface area contributed by atoms with Crippen LogP contribution in [-0.4, -0.2) is 0 Å². The summed E-state index contributed by atoms with van der Waals surface area (Å²) in [7, 11) is 0. The van der Waals surface area contributed by atoms with Crippen molar-refractivity contribution in [3.63, 3.8) is 0 Å². The number of halogens is 4. The zero-order chi connectivity index (χ0) is 36.2. The maximum atomic E-state index is 16.1. The van der Waals surface area contributed by atoms with Gasteiger partial charge in [0.1, 0.15) is 23.3 Å². The van der Waals surface area contributed by atoms with Gasteiger partial charge in [-0.1, -0.05) is 133 Å². The van der Waals surface area contributed by atoms with Gasteiger partial charge in [-0.2, -0.15) is 0 Å². The predicted molar refractivity (Wildman–Crippen MR) is 212 cm³/mol. The summed E-state index contributed by atoms with van der Waals surface area (Å²) >= 11 is 0. The molecule has 4 heteroatoms. The normalized spacial score (nSPS) is 12.1. The van der Waals surface area contributed by atoms with Gasteiger partial charge in [0.15, 0.2) is 0 Å². The van der Waals surface area contributed by atoms with Gasteiger partial charge in [0.25, 0.3) is 0 Å². The minimum absolute atomic E-state index is 0.352. The molecule has 0 N–H and O–H groups in total. The largest absolute Gasteiger partial charge is 0.206 e. The smallest absolute Gasteiger partial charge is 0.131 e. The van der Waals surface area contributed by atoms with E-state index < -0.39 is 0 Å². The SMILES string of the molecule is Fc1ccccc1-c1ccc(-c2ccccc2F)c2c1-c1ccc3c4c(ccc-2c14)-c1c-3c(-c2ccccc2F)c2ccccc2c1-c1ccccc1F. The molecule has 254 valence electrons. The highest BCUT2D eigenvalue weighted by molar-refractivity contribution is 6.33. The number of benzene rings is 9. The number of hydrogen-bond donors (Lipinski definition) is 0. The first-order valence-electron chi connectivity index (χ1n) is 17.9. The fourth-order valence-electron chi connectivity index (χ4n) is 9.16. The Balaban J connectivity index is 1.32. The van der Waals surface area contributed by atoms with Crippen molar-refractivity contribution in [1.82, 2.24) is 0 Å². The maximum absolute atomic E-state index is 16.1. The van der Waals surface area contributed by atoms with E-state index in [-0.39, 0.29) is 23.3 Å². The number of rotatable bonds is 4. The van der Waals surface area contributed by atoms with Crippen molar-refractivity contribution < 1.29 is 17.6 Å². The summed E-state index contributed by atoms with van der Waals surface area (Å²) in [6, 6.07) is 46.9. The van der Waals surface area contributed by atoms with Crippen molar-refractivity contribution in [2.24, 2.45) is 0 Å². The molecule has 0 spiro atoms. The van der Waals surface area contributed by atoms with E-state index in [1.54, 1.807) is 48.5 Å². The lowest BCUT2D eigenvalue weighted by molar-refractivity contribution is 0.630. The van der Waals surface area contributed by atoms with Crippen LogP contribution in [0.25, 0.3) is 111 Å². The summed E-state index contributed by atoms with van der Waals surface area (Å²) in [6.45, 7) is 0. The summed E-state index contributed by atoms with van der Waals surface area (Å²) in [6.07, 6.45) is 0. The molecule has 0 bridgehead atoms. The van der Waals surface area contributed by atoms with Crippen LogP contribution >= 0.6 is 0 Å². The minimum atomic E-state index is -0.353. The second-order valence-corrected chi connectivity index (χ2v) is 13.9. The first-order chi connectivity index (χ1) is 26.5. The van der Waals surface area contributed by atoms with Crippen molar-refractivity contribution in [3.8, 4) is 89.0 Å². The third kappa shape index (κ3) is 4.08. The Morgan fingerprint density at radius 2 is 0.481 bits per heavy atom. The number of hydrogen-bond acceptors (Lipinski definition) is 0. The Morgan fingerprint density at radius 1 is 0.204 bits per heavy atom. The van der Waals surface area contributed by atoms with E-state index in [0.717, 1.165) is 77.2 Å². The fraction of sp³-hybridized carbons (Fsp3) is 0. The van der Waals surface area contributed by atoms with Gasteiger partial charge in [-0.15, -0.1) is 0 Å². The second-order valence-electron chi connectivity index (χ2n) is 13.9. The van der Waals surface area contributed by atoms with Crippen molar-refractivity contribution in [2.75, 3.05) is 0 Å². The van der Waals surface area contributed by atoms with E-state index in [1.807, 2.05) is 60.7 Å². The van der Waals surface area contributed by atoms with E-state index in [9.17, 15) is 0 Å². The van der Waals surface area contributed by atoms with Gasteiger partial charge in [-0.25, -0.2) is 17.6 Å². The Hall–Kier alpha value is -6.78. The zero-order valence-corrected chi connectivity index (χ0v) is 28.5. The Kier molecular flexibility index (Phi) is 6.48. The molecular formula is C50H26F4. The van der Waals surface area contributed by atoms with Crippen LogP contribution in [0.3, 0.4) is 0 Å². The lowest BCUT2D eigenvalue weighted by Gasteiger charge is -2.21. The molecule has 0 fully saturated rings. The molecule has 0 saturated heterocycles. The average molecular weight is 703 g/mol. The zero-order valence-electron chi connectivity index (χ0n) is 28.5. The molecule has 0 atom stereocenters. The molecule has 11 rings (SSSR count). The first kappa shape index (κ1) is 30.8. The summed E-state index contributed by atoms with van der Waals surface area (Å²) in [5.41, 5.74) is 11.6. The van der Waals surface area contributed by atoms with Crippen LogP contribution in [-0.2, 0) is 0 Å². The summed E-state index contributed by atoms with van der Waals surface area (Å²) < 4.78 is 63.4. The highest BCUT2D eigenvalue weighted by Gasteiger charge is 2.37. The van der Waals surface area contributed by atoms with Crippen LogP contribution in [0.15, 0.2) is 158 Å². The van der Waals surface area contributed by atoms with E-state index >= 15 is 17.6 Å². The summed E-state index contributed by atoms with van der Waals surface area (Å²) in [4.78, 5) is 0. The van der Waals surface area contributed by atoms with Crippen LogP contribution in [0.1, 0.15) is 0 Å². The monoisotopic (exact) mass is 702 g/mol. The van der Waals surface area contributed by atoms with E-state index in [0.29, 0.717) is 33.4 Å². The van der Waals surface area contributed by atoms with Gasteiger partial charge in [-0.3, -0.25) is 0 Å². The van der Waals surface area contributed by atoms with Crippen molar-refractivity contribution >= 4 is 21.5 Å². The molecule has 0 aromatic heterocycles. The van der Waals surface area contributed by atoms with E-state index in [1.165, 1.54) is 24.3 Å². The van der Waals surface area contributed by atoms with Crippen LogP contribution in [0.2, 0.25) is 0 Å². The van der Waals surface area contributed by atoms with Gasteiger partial charge in [0, 0.05) is 33.4 Å². The summed E-state index contributed by atoms with van der Waals surface area (Å²) in [5, 5.41) is 3.51. The lowest BCUT2D eigenvalue weighted by Crippen LogP contribution is -1.96. The Labute approximate surface area is 308 Å². The number of fused-ring (bicyclic) bond motifs is 7. The molecule has 2 aliphatic rings. The molecule has 0 heterocycles. The van der Waals surface area contributed by atoms with E-state index in [2.05, 4.69) is 24.3 Å². The first-order valence-corrected chi connectivity index (χ1v) is 17.9. The fourth-order valence-corrected chi connectivity index (χ4v) is 9.16.